The van der Waals surface area contributed by atoms with Crippen LogP contribution in [0.3, 0.4) is 0 Å². The van der Waals surface area contributed by atoms with Crippen molar-refractivity contribution in [2.45, 2.75) is 11.7 Å². The predicted octanol–water partition coefficient (Wildman–Crippen LogP) is 0.794. The van der Waals surface area contributed by atoms with Crippen molar-refractivity contribution in [2.75, 3.05) is 12.3 Å². The number of hydrogen-bond acceptors (Lipinski definition) is 2. The topological polar surface area (TPSA) is 29.1 Å². The molecule has 1 aliphatic heterocycles. The van der Waals surface area contributed by atoms with Gasteiger partial charge >= 0.3 is 0 Å². The molecule has 1 heterocycles. The van der Waals surface area contributed by atoms with Gasteiger partial charge in [-0.15, -0.1) is 18.3 Å². The zero-order valence-electron chi connectivity index (χ0n) is 5.80. The van der Waals surface area contributed by atoms with Gasteiger partial charge in [0.25, 0.3) is 0 Å². The van der Waals surface area contributed by atoms with E-state index in [4.69, 9.17) is 0 Å². The van der Waals surface area contributed by atoms with E-state index in [1.807, 2.05) is 6.08 Å². The summed E-state index contributed by atoms with van der Waals surface area (Å²) in [6.45, 7) is 4.44. The number of nitrogens with one attached hydrogen (secondary N) is 1. The molecule has 1 rings (SSSR count). The Labute approximate surface area is 65.1 Å². The minimum absolute atomic E-state index is 0.179. The molecule has 3 heteroatoms. The van der Waals surface area contributed by atoms with Crippen LogP contribution in [0.25, 0.3) is 0 Å². The first-order valence-corrected chi connectivity index (χ1v) is 4.39. The lowest BCUT2D eigenvalue weighted by Gasteiger charge is -2.01. The normalized spacial score (nSPS) is 24.4. The molecule has 2 nitrogen and oxygen atoms in total. The van der Waals surface area contributed by atoms with Gasteiger partial charge in [0.2, 0.25) is 5.91 Å². The van der Waals surface area contributed by atoms with Crippen LogP contribution in [0.2, 0.25) is 0 Å². The lowest BCUT2D eigenvalue weighted by Crippen LogP contribution is -2.20. The maximum atomic E-state index is 10.9. The average Bonchev–Trinajstić information content (AvgIpc) is 2.31. The highest BCUT2D eigenvalue weighted by molar-refractivity contribution is 8.00. The molecule has 1 N–H and O–H groups in total. The van der Waals surface area contributed by atoms with Gasteiger partial charge in [-0.25, -0.2) is 0 Å². The second-order valence-electron chi connectivity index (χ2n) is 2.19. The van der Waals surface area contributed by atoms with Crippen molar-refractivity contribution in [3.8, 4) is 0 Å². The number of amides is 1. The van der Waals surface area contributed by atoms with Gasteiger partial charge < -0.3 is 5.32 Å². The van der Waals surface area contributed by atoms with Gasteiger partial charge in [-0.05, 0) is 6.42 Å². The van der Waals surface area contributed by atoms with E-state index in [1.54, 1.807) is 11.8 Å². The Kier molecular flexibility index (Phi) is 2.81. The van der Waals surface area contributed by atoms with Crippen LogP contribution in [-0.4, -0.2) is 23.5 Å². The summed E-state index contributed by atoms with van der Waals surface area (Å²) in [5.41, 5.74) is 0. The summed E-state index contributed by atoms with van der Waals surface area (Å²) in [6, 6.07) is 0. The van der Waals surface area contributed by atoms with E-state index in [1.165, 1.54) is 0 Å². The summed E-state index contributed by atoms with van der Waals surface area (Å²) < 4.78 is 0. The average molecular weight is 157 g/mol. The lowest BCUT2D eigenvalue weighted by atomic mass is 10.4. The van der Waals surface area contributed by atoms with Crippen LogP contribution in [0.5, 0.6) is 0 Å². The van der Waals surface area contributed by atoms with Crippen LogP contribution in [0.1, 0.15) is 6.42 Å². The van der Waals surface area contributed by atoms with Gasteiger partial charge in [-0.2, -0.15) is 0 Å². The molecule has 56 valence electrons. The van der Waals surface area contributed by atoms with Crippen molar-refractivity contribution in [3.63, 3.8) is 0 Å². The molecule has 0 bridgehead atoms. The second kappa shape index (κ2) is 3.66. The van der Waals surface area contributed by atoms with Crippen LogP contribution in [0, 0.1) is 0 Å². The Morgan fingerprint density at radius 1 is 1.90 bits per heavy atom. The van der Waals surface area contributed by atoms with Crippen molar-refractivity contribution in [1.29, 1.82) is 0 Å². The van der Waals surface area contributed by atoms with Crippen molar-refractivity contribution >= 4 is 17.7 Å². The van der Waals surface area contributed by atoms with Crippen molar-refractivity contribution in [2.24, 2.45) is 0 Å². The van der Waals surface area contributed by atoms with Crippen molar-refractivity contribution in [3.05, 3.63) is 12.7 Å². The van der Waals surface area contributed by atoms with E-state index in [-0.39, 0.29) is 11.2 Å². The highest BCUT2D eigenvalue weighted by Crippen LogP contribution is 2.17. The standard InChI is InChI=1S/C7H11NOS/c1-2-5-10-6-3-4-8-7(6)9/h2,6H,1,3-5H2,(H,8,9). The third kappa shape index (κ3) is 1.77. The quantitative estimate of drug-likeness (QED) is 0.614. The molecule has 0 aromatic carbocycles. The Balaban J connectivity index is 2.26. The molecule has 1 atom stereocenters. The Morgan fingerprint density at radius 2 is 2.70 bits per heavy atom. The number of thioether (sulfide) groups is 1. The molecule has 0 saturated carbocycles. The Hall–Kier alpha value is -0.440. The van der Waals surface area contributed by atoms with Crippen LogP contribution in [0.15, 0.2) is 12.7 Å². The van der Waals surface area contributed by atoms with E-state index < -0.39 is 0 Å². The monoisotopic (exact) mass is 157 g/mol. The molecule has 0 aromatic heterocycles. The summed E-state index contributed by atoms with van der Waals surface area (Å²) in [7, 11) is 0. The third-order valence-electron chi connectivity index (χ3n) is 1.41. The van der Waals surface area contributed by atoms with E-state index in [0.29, 0.717) is 0 Å². The fourth-order valence-electron chi connectivity index (χ4n) is 0.915. The summed E-state index contributed by atoms with van der Waals surface area (Å²) in [5, 5.41) is 2.96. The van der Waals surface area contributed by atoms with Crippen LogP contribution >= 0.6 is 11.8 Å². The van der Waals surface area contributed by atoms with Gasteiger partial charge in [0.05, 0.1) is 5.25 Å². The van der Waals surface area contributed by atoms with Crippen LogP contribution in [-0.2, 0) is 4.79 Å². The molecule has 1 saturated heterocycles. The zero-order valence-corrected chi connectivity index (χ0v) is 6.62. The van der Waals surface area contributed by atoms with Gasteiger partial charge in [-0.1, -0.05) is 6.08 Å². The fraction of sp³-hybridized carbons (Fsp3) is 0.571. The molecule has 1 fully saturated rings. The van der Waals surface area contributed by atoms with E-state index >= 15 is 0 Å². The lowest BCUT2D eigenvalue weighted by molar-refractivity contribution is -0.118. The first kappa shape index (κ1) is 7.66. The summed E-state index contributed by atoms with van der Waals surface area (Å²) in [5.74, 6) is 1.06. The molecule has 0 spiro atoms. The smallest absolute Gasteiger partial charge is 0.233 e. The van der Waals surface area contributed by atoms with Gasteiger partial charge in [0.15, 0.2) is 0 Å². The van der Waals surface area contributed by atoms with Crippen molar-refractivity contribution in [1.82, 2.24) is 5.32 Å². The molecule has 1 unspecified atom stereocenters. The van der Waals surface area contributed by atoms with Crippen molar-refractivity contribution < 1.29 is 4.79 Å². The number of carbonyl (C=O) groups excluding carboxylic acids is 1. The van der Waals surface area contributed by atoms with E-state index in [2.05, 4.69) is 11.9 Å². The number of rotatable bonds is 3. The van der Waals surface area contributed by atoms with E-state index in [0.717, 1.165) is 18.7 Å². The Bertz CT molecular complexity index is 147. The van der Waals surface area contributed by atoms with Gasteiger partial charge in [0.1, 0.15) is 0 Å². The van der Waals surface area contributed by atoms with Gasteiger partial charge in [-0.3, -0.25) is 4.79 Å². The SMILES string of the molecule is C=CCSC1CCNC1=O. The first-order valence-electron chi connectivity index (χ1n) is 3.35. The highest BCUT2D eigenvalue weighted by Gasteiger charge is 2.23. The highest BCUT2D eigenvalue weighted by atomic mass is 32.2. The fourth-order valence-corrected chi connectivity index (χ4v) is 1.80. The minimum atomic E-state index is 0.179. The summed E-state index contributed by atoms with van der Waals surface area (Å²) in [4.78, 5) is 10.9. The second-order valence-corrected chi connectivity index (χ2v) is 3.43. The molecule has 1 amide bonds. The van der Waals surface area contributed by atoms with Gasteiger partial charge in [0, 0.05) is 12.3 Å². The summed E-state index contributed by atoms with van der Waals surface area (Å²) >= 11 is 1.66. The molecule has 0 aromatic rings. The maximum Gasteiger partial charge on any atom is 0.233 e. The first-order chi connectivity index (χ1) is 4.84. The zero-order chi connectivity index (χ0) is 7.40. The third-order valence-corrected chi connectivity index (χ3v) is 2.69. The summed E-state index contributed by atoms with van der Waals surface area (Å²) in [6.07, 6.45) is 2.80. The molecule has 1 aliphatic rings. The van der Waals surface area contributed by atoms with E-state index in [9.17, 15) is 4.79 Å². The van der Waals surface area contributed by atoms with Crippen LogP contribution < -0.4 is 5.32 Å². The minimum Gasteiger partial charge on any atom is -0.355 e. The Morgan fingerprint density at radius 3 is 3.20 bits per heavy atom. The van der Waals surface area contributed by atoms with Crippen LogP contribution in [0.4, 0.5) is 0 Å². The number of carbonyl (C=O) groups is 1. The largest absolute Gasteiger partial charge is 0.355 e. The molecule has 0 radical (unpaired) electrons. The predicted molar refractivity (Wildman–Crippen MR) is 44.1 cm³/mol. The molecule has 10 heavy (non-hydrogen) atoms. The number of hydrogen-bond donors (Lipinski definition) is 1. The maximum absolute atomic E-state index is 10.9. The molecular formula is C7H11NOS. The molecular weight excluding hydrogens is 146 g/mol. The molecule has 0 aliphatic carbocycles.